The van der Waals surface area contributed by atoms with E-state index in [9.17, 15) is 19.5 Å². The zero-order chi connectivity index (χ0) is 26.5. The average Bonchev–Trinajstić information content (AvgIpc) is 3.55. The van der Waals surface area contributed by atoms with Crippen LogP contribution in [0.25, 0.3) is 11.3 Å². The molecular weight excluding hydrogens is 474 g/mol. The van der Waals surface area contributed by atoms with Crippen molar-refractivity contribution in [2.45, 2.75) is 32.7 Å². The third kappa shape index (κ3) is 5.03. The Labute approximate surface area is 214 Å². The van der Waals surface area contributed by atoms with Crippen molar-refractivity contribution in [1.29, 1.82) is 0 Å². The van der Waals surface area contributed by atoms with Crippen molar-refractivity contribution in [1.82, 2.24) is 10.5 Å². The summed E-state index contributed by atoms with van der Waals surface area (Å²) in [4.78, 5) is 40.6. The number of nitrogens with zero attached hydrogens (tertiary/aromatic N) is 2. The van der Waals surface area contributed by atoms with Crippen molar-refractivity contribution in [2.24, 2.45) is 5.92 Å². The first-order valence-corrected chi connectivity index (χ1v) is 12.2. The molecule has 1 atom stereocenters. The van der Waals surface area contributed by atoms with Crippen LogP contribution in [0.3, 0.4) is 0 Å². The van der Waals surface area contributed by atoms with E-state index in [-0.39, 0.29) is 36.1 Å². The second kappa shape index (κ2) is 11.2. The highest BCUT2D eigenvalue weighted by Crippen LogP contribution is 2.38. The van der Waals surface area contributed by atoms with E-state index >= 15 is 0 Å². The number of amides is 2. The van der Waals surface area contributed by atoms with Gasteiger partial charge in [0.25, 0.3) is 11.8 Å². The third-order valence-corrected chi connectivity index (χ3v) is 6.68. The van der Waals surface area contributed by atoms with Gasteiger partial charge in [-0.15, -0.1) is 0 Å². The van der Waals surface area contributed by atoms with Crippen molar-refractivity contribution in [3.8, 4) is 11.3 Å². The fourth-order valence-corrected chi connectivity index (χ4v) is 4.68. The van der Waals surface area contributed by atoms with Crippen LogP contribution < -0.4 is 10.2 Å². The summed E-state index contributed by atoms with van der Waals surface area (Å²) >= 11 is 0. The van der Waals surface area contributed by atoms with Crippen LogP contribution in [0.2, 0.25) is 0 Å². The van der Waals surface area contributed by atoms with E-state index in [2.05, 4.69) is 10.5 Å². The van der Waals surface area contributed by atoms with Gasteiger partial charge < -0.3 is 20.1 Å². The Hall–Kier alpha value is -4.24. The van der Waals surface area contributed by atoms with E-state index in [0.717, 1.165) is 5.56 Å². The van der Waals surface area contributed by atoms with Crippen molar-refractivity contribution in [3.63, 3.8) is 0 Å². The zero-order valence-corrected chi connectivity index (χ0v) is 20.7. The first kappa shape index (κ1) is 25.8. The summed E-state index contributed by atoms with van der Waals surface area (Å²) in [6.45, 7) is 3.92. The number of carbonyl (C=O) groups excluding carboxylic acids is 3. The van der Waals surface area contributed by atoms with Crippen molar-refractivity contribution in [3.05, 3.63) is 83.3 Å². The van der Waals surface area contributed by atoms with E-state index < -0.39 is 23.5 Å². The standard InChI is InChI=1S/C28H29N3O6/c1-3-17(4-2)24-23(25(33)19-5-7-20(8-6-19)27(35)29-14-15-32)26(34)28(36)31(24)21-11-9-18(10-12-21)22-13-16-37-30-22/h5-13,16-17,24,32,34H,3-4,14-15H2,1-2H3,(H,29,35). The fraction of sp³-hybridized carbons (Fsp3) is 0.286. The molecule has 0 fully saturated rings. The van der Waals surface area contributed by atoms with Crippen molar-refractivity contribution in [2.75, 3.05) is 18.1 Å². The molecule has 0 saturated carbocycles. The van der Waals surface area contributed by atoms with Gasteiger partial charge in [0, 0.05) is 35.0 Å². The minimum atomic E-state index is -0.652. The topological polar surface area (TPSA) is 133 Å². The first-order valence-electron chi connectivity index (χ1n) is 12.2. The maximum Gasteiger partial charge on any atom is 0.294 e. The molecule has 1 aliphatic heterocycles. The molecule has 1 aliphatic rings. The Kier molecular flexibility index (Phi) is 7.83. The highest BCUT2D eigenvalue weighted by Gasteiger charge is 2.46. The number of aliphatic hydroxyl groups excluding tert-OH is 2. The minimum absolute atomic E-state index is 0.0526. The molecule has 192 valence electrons. The summed E-state index contributed by atoms with van der Waals surface area (Å²) in [5.41, 5.74) is 2.65. The Morgan fingerprint density at radius 1 is 1.03 bits per heavy atom. The molecule has 0 spiro atoms. The summed E-state index contributed by atoms with van der Waals surface area (Å²) in [6.07, 6.45) is 2.86. The van der Waals surface area contributed by atoms with E-state index in [4.69, 9.17) is 9.63 Å². The number of nitrogens with one attached hydrogen (secondary N) is 1. The van der Waals surface area contributed by atoms with Crippen LogP contribution in [0.15, 0.2) is 76.7 Å². The maximum absolute atomic E-state index is 13.6. The summed E-state index contributed by atoms with van der Waals surface area (Å²) in [6, 6.07) is 14.2. The lowest BCUT2D eigenvalue weighted by molar-refractivity contribution is -0.117. The number of ketones is 1. The minimum Gasteiger partial charge on any atom is -0.503 e. The van der Waals surface area contributed by atoms with Gasteiger partial charge in [0.1, 0.15) is 12.0 Å². The smallest absolute Gasteiger partial charge is 0.294 e. The predicted molar refractivity (Wildman–Crippen MR) is 137 cm³/mol. The number of benzene rings is 2. The molecule has 2 heterocycles. The molecule has 9 nitrogen and oxygen atoms in total. The van der Waals surface area contributed by atoms with Gasteiger partial charge >= 0.3 is 0 Å². The normalized spacial score (nSPS) is 15.5. The van der Waals surface area contributed by atoms with Gasteiger partial charge in [0.2, 0.25) is 0 Å². The molecule has 3 N–H and O–H groups in total. The number of aliphatic hydroxyl groups is 2. The van der Waals surface area contributed by atoms with Crippen LogP contribution >= 0.6 is 0 Å². The number of Topliss-reactive ketones (excluding diaryl/α,β-unsaturated/α-hetero) is 1. The number of aromatic nitrogens is 1. The largest absolute Gasteiger partial charge is 0.503 e. The van der Waals surface area contributed by atoms with Gasteiger partial charge in [-0.3, -0.25) is 19.3 Å². The van der Waals surface area contributed by atoms with Gasteiger partial charge in [0.05, 0.1) is 18.2 Å². The Morgan fingerprint density at radius 2 is 1.68 bits per heavy atom. The average molecular weight is 504 g/mol. The van der Waals surface area contributed by atoms with Crippen LogP contribution in [0.4, 0.5) is 5.69 Å². The number of carbonyl (C=O) groups is 3. The Balaban J connectivity index is 1.67. The molecule has 0 bridgehead atoms. The highest BCUT2D eigenvalue weighted by atomic mass is 16.5. The van der Waals surface area contributed by atoms with Crippen molar-refractivity contribution < 1.29 is 29.1 Å². The number of hydrogen-bond donors (Lipinski definition) is 3. The Bertz CT molecular complexity index is 1290. The van der Waals surface area contributed by atoms with Crippen LogP contribution in [-0.2, 0) is 4.79 Å². The summed E-state index contributed by atoms with van der Waals surface area (Å²) in [5, 5.41) is 26.3. The van der Waals surface area contributed by atoms with Gasteiger partial charge in [-0.2, -0.15) is 0 Å². The van der Waals surface area contributed by atoms with Gasteiger partial charge in [-0.25, -0.2) is 0 Å². The lowest BCUT2D eigenvalue weighted by atomic mass is 9.85. The van der Waals surface area contributed by atoms with E-state index in [0.29, 0.717) is 29.8 Å². The second-order valence-electron chi connectivity index (χ2n) is 8.78. The molecule has 1 unspecified atom stereocenters. The van der Waals surface area contributed by atoms with E-state index in [1.807, 2.05) is 26.0 Å². The molecule has 9 heteroatoms. The molecule has 37 heavy (non-hydrogen) atoms. The lowest BCUT2D eigenvalue weighted by Gasteiger charge is -2.32. The predicted octanol–water partition coefficient (Wildman–Crippen LogP) is 3.91. The lowest BCUT2D eigenvalue weighted by Crippen LogP contribution is -2.42. The van der Waals surface area contributed by atoms with Crippen LogP contribution in [0.1, 0.15) is 47.4 Å². The Morgan fingerprint density at radius 3 is 2.24 bits per heavy atom. The summed E-state index contributed by atoms with van der Waals surface area (Å²) in [7, 11) is 0. The molecular formula is C28H29N3O6. The molecule has 3 aromatic rings. The molecule has 2 amide bonds. The SMILES string of the molecule is CCC(CC)C1C(C(=O)c2ccc(C(=O)NCCO)cc2)=C(O)C(=O)N1c1ccc(-c2ccon2)cc1. The van der Waals surface area contributed by atoms with Crippen LogP contribution in [-0.4, -0.2) is 52.2 Å². The summed E-state index contributed by atoms with van der Waals surface area (Å²) in [5.74, 6) is -2.11. The number of anilines is 1. The quantitative estimate of drug-likeness (QED) is 0.357. The molecule has 4 rings (SSSR count). The van der Waals surface area contributed by atoms with Gasteiger partial charge in [0.15, 0.2) is 11.5 Å². The number of rotatable bonds is 10. The fourth-order valence-electron chi connectivity index (χ4n) is 4.68. The molecule has 1 aromatic heterocycles. The van der Waals surface area contributed by atoms with Crippen LogP contribution in [0, 0.1) is 5.92 Å². The van der Waals surface area contributed by atoms with Gasteiger partial charge in [-0.1, -0.05) is 56.1 Å². The number of hydrogen-bond acceptors (Lipinski definition) is 7. The summed E-state index contributed by atoms with van der Waals surface area (Å²) < 4.78 is 4.90. The van der Waals surface area contributed by atoms with E-state index in [1.54, 1.807) is 18.2 Å². The third-order valence-electron chi connectivity index (χ3n) is 6.68. The molecule has 0 aliphatic carbocycles. The zero-order valence-electron chi connectivity index (χ0n) is 20.7. The second-order valence-corrected chi connectivity index (χ2v) is 8.78. The first-order chi connectivity index (χ1) is 17.9. The monoisotopic (exact) mass is 503 g/mol. The van der Waals surface area contributed by atoms with Gasteiger partial charge in [-0.05, 0) is 30.2 Å². The molecule has 2 aromatic carbocycles. The van der Waals surface area contributed by atoms with E-state index in [1.165, 1.54) is 35.4 Å². The van der Waals surface area contributed by atoms with Crippen LogP contribution in [0.5, 0.6) is 0 Å². The molecule has 0 saturated heterocycles. The van der Waals surface area contributed by atoms with Crippen molar-refractivity contribution >= 4 is 23.3 Å². The maximum atomic E-state index is 13.6. The molecule has 0 radical (unpaired) electrons. The highest BCUT2D eigenvalue weighted by molar-refractivity contribution is 6.21.